The van der Waals surface area contributed by atoms with Crippen LogP contribution in [0.15, 0.2) is 120 Å². The number of aryl methyl sites for hydroxylation is 3. The lowest BCUT2D eigenvalue weighted by molar-refractivity contribution is 0.0289. The molecule has 0 spiro atoms. The second-order valence-electron chi connectivity index (χ2n) is 19.2. The number of furan rings is 1. The molecule has 0 amide bonds. The number of fused-ring (bicyclic) bond motifs is 4. The van der Waals surface area contributed by atoms with Crippen molar-refractivity contribution in [3.8, 4) is 45.1 Å². The van der Waals surface area contributed by atoms with Crippen molar-refractivity contribution in [1.29, 1.82) is 0 Å². The number of ether oxygens (including phenoxy) is 1. The molecule has 8 aromatic rings. The quantitative estimate of drug-likeness (QED) is 0.161. The summed E-state index contributed by atoms with van der Waals surface area (Å²) in [6.07, 6.45) is 9.92. The van der Waals surface area contributed by atoms with Gasteiger partial charge in [0.15, 0.2) is 0 Å². The van der Waals surface area contributed by atoms with E-state index in [-0.39, 0.29) is 44.9 Å². The fourth-order valence-corrected chi connectivity index (χ4v) is 10.6. The molecular formula is C58H60N2O2. The Morgan fingerprint density at radius 1 is 0.694 bits per heavy atom. The van der Waals surface area contributed by atoms with Crippen LogP contribution in [0.5, 0.6) is 11.5 Å². The van der Waals surface area contributed by atoms with Crippen molar-refractivity contribution >= 4 is 32.7 Å². The summed E-state index contributed by atoms with van der Waals surface area (Å²) in [5.74, 6) is 0.417. The lowest BCUT2D eigenvalue weighted by Gasteiger charge is -2.49. The largest absolute Gasteiger partial charge is 0.457 e. The van der Waals surface area contributed by atoms with Gasteiger partial charge in [0.25, 0.3) is 0 Å². The first kappa shape index (κ1) is 30.3. The molecule has 2 aliphatic carbocycles. The van der Waals surface area contributed by atoms with Crippen LogP contribution < -0.4 is 4.74 Å². The molecule has 4 nitrogen and oxygen atoms in total. The van der Waals surface area contributed by atoms with Crippen LogP contribution in [0.2, 0.25) is 0 Å². The molecule has 2 aliphatic rings. The topological polar surface area (TPSA) is 48.2 Å². The van der Waals surface area contributed by atoms with Gasteiger partial charge in [0.2, 0.25) is 0 Å². The molecule has 10 rings (SSSR count). The summed E-state index contributed by atoms with van der Waals surface area (Å²) >= 11 is 0. The fourth-order valence-electron chi connectivity index (χ4n) is 10.6. The van der Waals surface area contributed by atoms with Gasteiger partial charge in [-0.1, -0.05) is 82.3 Å². The number of hydrogen-bond donors (Lipinski definition) is 0. The predicted octanol–water partition coefficient (Wildman–Crippen LogP) is 16.7. The van der Waals surface area contributed by atoms with Crippen LogP contribution in [0.25, 0.3) is 66.4 Å². The average molecular weight is 827 g/mol. The van der Waals surface area contributed by atoms with E-state index >= 15 is 0 Å². The van der Waals surface area contributed by atoms with E-state index in [2.05, 4.69) is 51.7 Å². The molecule has 0 N–H and O–H groups in total. The molecule has 0 radical (unpaired) electrons. The van der Waals surface area contributed by atoms with Gasteiger partial charge in [-0.25, -0.2) is 0 Å². The van der Waals surface area contributed by atoms with Crippen LogP contribution in [-0.4, -0.2) is 9.97 Å². The van der Waals surface area contributed by atoms with Crippen LogP contribution >= 0.6 is 0 Å². The Morgan fingerprint density at radius 3 is 2.19 bits per heavy atom. The molecule has 0 saturated heterocycles. The first-order chi connectivity index (χ1) is 33.8. The second-order valence-corrected chi connectivity index (χ2v) is 19.2. The summed E-state index contributed by atoms with van der Waals surface area (Å²) in [5.41, 5.74) is 5.60. The maximum atomic E-state index is 9.82. The molecule has 4 heteroatoms. The van der Waals surface area contributed by atoms with E-state index in [0.717, 1.165) is 78.3 Å². The monoisotopic (exact) mass is 827 g/mol. The van der Waals surface area contributed by atoms with Gasteiger partial charge in [-0.05, 0) is 199 Å². The Balaban J connectivity index is 1.14. The fraction of sp³-hybridized carbons (Fsp3) is 0.345. The number of pyridine rings is 2. The molecule has 2 fully saturated rings. The van der Waals surface area contributed by atoms with Crippen molar-refractivity contribution in [2.24, 2.45) is 22.6 Å². The summed E-state index contributed by atoms with van der Waals surface area (Å²) in [4.78, 5) is 9.54. The number of benzene rings is 5. The normalized spacial score (nSPS) is 24.1. The van der Waals surface area contributed by atoms with Crippen molar-refractivity contribution in [2.75, 3.05) is 0 Å². The van der Waals surface area contributed by atoms with E-state index in [1.54, 1.807) is 30.3 Å². The molecule has 314 valence electrons. The summed E-state index contributed by atoms with van der Waals surface area (Å²) in [5, 5.41) is 3.60. The van der Waals surface area contributed by atoms with Crippen molar-refractivity contribution in [2.45, 2.75) is 106 Å². The van der Waals surface area contributed by atoms with Crippen LogP contribution in [-0.2, 0) is 0 Å². The second kappa shape index (κ2) is 15.6. The number of hydrogen-bond acceptors (Lipinski definition) is 4. The van der Waals surface area contributed by atoms with Crippen LogP contribution in [0.4, 0.5) is 0 Å². The van der Waals surface area contributed by atoms with Gasteiger partial charge >= 0.3 is 0 Å². The van der Waals surface area contributed by atoms with Crippen molar-refractivity contribution < 1.29 is 22.9 Å². The highest BCUT2D eigenvalue weighted by molar-refractivity contribution is 6.13. The molecule has 3 aromatic heterocycles. The summed E-state index contributed by atoms with van der Waals surface area (Å²) in [7, 11) is 0. The number of aromatic nitrogens is 2. The zero-order chi connectivity index (χ0) is 51.3. The first-order valence-electron chi connectivity index (χ1n) is 27.1. The Labute approximate surface area is 381 Å². The highest BCUT2D eigenvalue weighted by Crippen LogP contribution is 2.56. The van der Waals surface area contributed by atoms with E-state index in [0.29, 0.717) is 50.8 Å². The zero-order valence-electron chi connectivity index (χ0n) is 46.3. The third-order valence-electron chi connectivity index (χ3n) is 14.4. The SMILES string of the molecule is [2H]C([2H])([2H])c1cnc(-c2cc(Oc3cc(-c4cc(C5CCC(C)(C6([2H])CCC(C)(C)CC6)CC5C)c(C)cn4)c4oc5cc6ccccc6cc5c4c3)c(C([2H])([2H])[2H])c(-c3ccccc3)c2)cc1C([2H])([2H])[2H]. The minimum Gasteiger partial charge on any atom is -0.457 e. The standard InChI is InChI=1S/C58H60N2O2/c1-35-24-52(59-33-37(35)3)43-26-48(40-14-10-9-11-15-40)39(5)54(28-43)61-45-29-50-49-25-41-16-12-13-17-42(41)27-55(49)62-56(50)51(30-45)53-31-47(38(4)34-60-53)46-20-23-58(8,32-36(46)2)44-18-21-57(6,7)22-19-44/h9-17,24-31,33-34,36,44,46H,18-23,32H2,1-8H3/i1D3,3D3,5D3,44D. The van der Waals surface area contributed by atoms with Crippen molar-refractivity contribution in [1.82, 2.24) is 9.97 Å². The Hall–Kier alpha value is -5.74. The molecule has 0 bridgehead atoms. The Morgan fingerprint density at radius 2 is 1.44 bits per heavy atom. The third kappa shape index (κ3) is 7.40. The van der Waals surface area contributed by atoms with Gasteiger partial charge in [0.1, 0.15) is 22.7 Å². The zero-order valence-corrected chi connectivity index (χ0v) is 36.3. The van der Waals surface area contributed by atoms with Crippen LogP contribution in [0.3, 0.4) is 0 Å². The van der Waals surface area contributed by atoms with Gasteiger partial charge in [0, 0.05) is 48.0 Å². The van der Waals surface area contributed by atoms with Gasteiger partial charge in [-0.15, -0.1) is 0 Å². The summed E-state index contributed by atoms with van der Waals surface area (Å²) in [6.45, 7) is 3.25. The summed E-state index contributed by atoms with van der Waals surface area (Å²) < 4.78 is 99.5. The van der Waals surface area contributed by atoms with E-state index < -0.39 is 26.4 Å². The smallest absolute Gasteiger partial charge is 0.145 e. The molecule has 3 atom stereocenters. The maximum absolute atomic E-state index is 9.82. The molecule has 0 aliphatic heterocycles. The van der Waals surface area contributed by atoms with Crippen molar-refractivity contribution in [3.05, 3.63) is 143 Å². The average Bonchev–Trinajstić information content (AvgIpc) is 3.68. The van der Waals surface area contributed by atoms with E-state index in [9.17, 15) is 1.37 Å². The minimum absolute atomic E-state index is 0.0163. The molecule has 3 unspecified atom stereocenters. The van der Waals surface area contributed by atoms with Gasteiger partial charge in [0.05, 0.1) is 11.4 Å². The molecule has 3 heterocycles. The van der Waals surface area contributed by atoms with Crippen LogP contribution in [0, 0.1) is 50.1 Å². The predicted molar refractivity (Wildman–Crippen MR) is 258 cm³/mol. The lowest BCUT2D eigenvalue weighted by Crippen LogP contribution is -2.38. The maximum Gasteiger partial charge on any atom is 0.145 e. The minimum atomic E-state index is -2.79. The molecule has 2 saturated carbocycles. The van der Waals surface area contributed by atoms with E-state index in [4.69, 9.17) is 26.5 Å². The first-order valence-corrected chi connectivity index (χ1v) is 22.1. The lowest BCUT2D eigenvalue weighted by atomic mass is 9.56. The number of nitrogens with zero attached hydrogens (tertiary/aromatic N) is 2. The Bertz CT molecular complexity index is 3380. The van der Waals surface area contributed by atoms with Gasteiger partial charge in [-0.3, -0.25) is 9.97 Å². The summed E-state index contributed by atoms with van der Waals surface area (Å²) in [6, 6.07) is 31.5. The molecule has 62 heavy (non-hydrogen) atoms. The molecular weight excluding hydrogens is 757 g/mol. The van der Waals surface area contributed by atoms with Crippen LogP contribution in [0.1, 0.15) is 120 Å². The molecule has 5 aromatic carbocycles. The highest BCUT2D eigenvalue weighted by Gasteiger charge is 2.44. The van der Waals surface area contributed by atoms with Gasteiger partial charge < -0.3 is 9.15 Å². The highest BCUT2D eigenvalue weighted by atomic mass is 16.5. The van der Waals surface area contributed by atoms with E-state index in [1.165, 1.54) is 17.7 Å². The van der Waals surface area contributed by atoms with Gasteiger partial charge in [-0.2, -0.15) is 0 Å². The third-order valence-corrected chi connectivity index (χ3v) is 14.4. The number of rotatable bonds is 7. The van der Waals surface area contributed by atoms with Crippen molar-refractivity contribution in [3.63, 3.8) is 0 Å². The van der Waals surface area contributed by atoms with E-state index in [1.807, 2.05) is 54.7 Å². The Kier molecular flexibility index (Phi) is 7.61.